The predicted octanol–water partition coefficient (Wildman–Crippen LogP) is 3.79. The molecule has 0 aliphatic carbocycles. The maximum absolute atomic E-state index is 12.1. The minimum absolute atomic E-state index is 0.118. The summed E-state index contributed by atoms with van der Waals surface area (Å²) >= 11 is 0. The van der Waals surface area contributed by atoms with Gasteiger partial charge in [-0.05, 0) is 68.7 Å². The van der Waals surface area contributed by atoms with Crippen molar-refractivity contribution in [2.24, 2.45) is 5.10 Å². The van der Waals surface area contributed by atoms with Crippen molar-refractivity contribution in [3.05, 3.63) is 64.7 Å². The minimum atomic E-state index is -0.118. The topological polar surface area (TPSA) is 50.7 Å². The zero-order valence-corrected chi connectivity index (χ0v) is 14.7. The van der Waals surface area contributed by atoms with Gasteiger partial charge in [0.15, 0.2) is 0 Å². The van der Waals surface area contributed by atoms with Gasteiger partial charge < -0.3 is 4.74 Å². The highest BCUT2D eigenvalue weighted by Crippen LogP contribution is 2.13. The number of rotatable bonds is 6. The molecule has 2 aromatic carbocycles. The fourth-order valence-corrected chi connectivity index (χ4v) is 2.43. The van der Waals surface area contributed by atoms with Gasteiger partial charge in [0.25, 0.3) is 0 Å². The van der Waals surface area contributed by atoms with E-state index in [9.17, 15) is 4.79 Å². The molecule has 126 valence electrons. The Kier molecular flexibility index (Phi) is 6.13. The molecule has 0 unspecified atom stereocenters. The lowest BCUT2D eigenvalue weighted by Gasteiger charge is -2.07. The Morgan fingerprint density at radius 2 is 1.83 bits per heavy atom. The molecular weight excluding hydrogens is 300 g/mol. The Hall–Kier alpha value is -2.62. The van der Waals surface area contributed by atoms with Crippen molar-refractivity contribution in [3.63, 3.8) is 0 Å². The van der Waals surface area contributed by atoms with Crippen LogP contribution in [-0.4, -0.2) is 18.2 Å². The number of ether oxygens (including phenoxy) is 1. The van der Waals surface area contributed by atoms with E-state index < -0.39 is 0 Å². The first kappa shape index (κ1) is 17.7. The molecule has 0 fully saturated rings. The number of amides is 1. The van der Waals surface area contributed by atoms with Crippen LogP contribution in [0, 0.1) is 13.8 Å². The molecule has 4 nitrogen and oxygen atoms in total. The number of aryl methyl sites for hydroxylation is 2. The molecule has 2 aromatic rings. The Morgan fingerprint density at radius 1 is 1.12 bits per heavy atom. The lowest BCUT2D eigenvalue weighted by atomic mass is 10.0. The molecule has 0 aliphatic heterocycles. The van der Waals surface area contributed by atoms with Gasteiger partial charge in [0.1, 0.15) is 5.75 Å². The third kappa shape index (κ3) is 4.95. The van der Waals surface area contributed by atoms with Crippen molar-refractivity contribution < 1.29 is 9.53 Å². The van der Waals surface area contributed by atoms with E-state index in [4.69, 9.17) is 4.74 Å². The molecule has 4 heteroatoms. The van der Waals surface area contributed by atoms with Crippen LogP contribution in [0.1, 0.15) is 36.1 Å². The highest BCUT2D eigenvalue weighted by Gasteiger charge is 2.06. The van der Waals surface area contributed by atoms with Crippen LogP contribution in [0.25, 0.3) is 0 Å². The number of hydrogen-bond acceptors (Lipinski definition) is 3. The molecule has 0 aromatic heterocycles. The summed E-state index contributed by atoms with van der Waals surface area (Å²) < 4.78 is 5.42. The second-order valence-corrected chi connectivity index (χ2v) is 5.80. The molecule has 0 heterocycles. The Bertz CT molecular complexity index is 734. The Labute approximate surface area is 143 Å². The van der Waals surface area contributed by atoms with E-state index in [2.05, 4.69) is 16.6 Å². The van der Waals surface area contributed by atoms with Crippen molar-refractivity contribution in [2.45, 2.75) is 34.1 Å². The van der Waals surface area contributed by atoms with Gasteiger partial charge in [-0.25, -0.2) is 5.43 Å². The summed E-state index contributed by atoms with van der Waals surface area (Å²) in [6, 6.07) is 13.7. The standard InChI is InChI=1S/C20H24N2O2/c1-5-24-19-10-8-17(9-11-19)16(4)21-22-20(23)13-18-7-6-14(2)12-15(18)3/h6-12H,5,13H2,1-4H3,(H,22,23)/b21-16-. The van der Waals surface area contributed by atoms with Crippen LogP contribution in [0.4, 0.5) is 0 Å². The molecule has 0 spiro atoms. The van der Waals surface area contributed by atoms with E-state index in [0.29, 0.717) is 13.0 Å². The third-order valence-electron chi connectivity index (χ3n) is 3.78. The van der Waals surface area contributed by atoms with Crippen molar-refractivity contribution in [1.29, 1.82) is 0 Å². The summed E-state index contributed by atoms with van der Waals surface area (Å²) in [6.07, 6.45) is 0.326. The molecule has 24 heavy (non-hydrogen) atoms. The second-order valence-electron chi connectivity index (χ2n) is 5.80. The lowest BCUT2D eigenvalue weighted by Crippen LogP contribution is -2.21. The monoisotopic (exact) mass is 324 g/mol. The Morgan fingerprint density at radius 3 is 2.46 bits per heavy atom. The number of benzene rings is 2. The molecule has 0 saturated heterocycles. The molecule has 0 bridgehead atoms. The fraction of sp³-hybridized carbons (Fsp3) is 0.300. The van der Waals surface area contributed by atoms with Gasteiger partial charge in [-0.1, -0.05) is 23.8 Å². The summed E-state index contributed by atoms with van der Waals surface area (Å²) in [5.74, 6) is 0.708. The zero-order chi connectivity index (χ0) is 17.5. The summed E-state index contributed by atoms with van der Waals surface area (Å²) in [4.78, 5) is 12.1. The summed E-state index contributed by atoms with van der Waals surface area (Å²) in [7, 11) is 0. The average molecular weight is 324 g/mol. The largest absolute Gasteiger partial charge is 0.494 e. The second kappa shape index (κ2) is 8.29. The van der Waals surface area contributed by atoms with E-state index >= 15 is 0 Å². The normalized spacial score (nSPS) is 11.2. The van der Waals surface area contributed by atoms with Gasteiger partial charge in [0.05, 0.1) is 18.7 Å². The van der Waals surface area contributed by atoms with Crippen molar-refractivity contribution in [1.82, 2.24) is 5.43 Å². The van der Waals surface area contributed by atoms with Gasteiger partial charge in [0, 0.05) is 0 Å². The molecule has 1 amide bonds. The van der Waals surface area contributed by atoms with E-state index in [1.54, 1.807) is 0 Å². The molecule has 1 N–H and O–H groups in total. The van der Waals surface area contributed by atoms with E-state index in [0.717, 1.165) is 28.2 Å². The number of hydrogen-bond donors (Lipinski definition) is 1. The highest BCUT2D eigenvalue weighted by atomic mass is 16.5. The quantitative estimate of drug-likeness (QED) is 0.649. The number of nitrogens with zero attached hydrogens (tertiary/aromatic N) is 1. The van der Waals surface area contributed by atoms with Crippen LogP contribution in [-0.2, 0) is 11.2 Å². The zero-order valence-electron chi connectivity index (χ0n) is 14.7. The van der Waals surface area contributed by atoms with Crippen LogP contribution >= 0.6 is 0 Å². The summed E-state index contributed by atoms with van der Waals surface area (Å²) in [6.45, 7) is 8.52. The van der Waals surface area contributed by atoms with Gasteiger partial charge in [-0.2, -0.15) is 5.10 Å². The first-order valence-corrected chi connectivity index (χ1v) is 8.12. The molecular formula is C20H24N2O2. The molecule has 0 atom stereocenters. The number of carbonyl (C=O) groups is 1. The molecule has 2 rings (SSSR count). The van der Waals surface area contributed by atoms with E-state index in [-0.39, 0.29) is 5.91 Å². The predicted molar refractivity (Wildman–Crippen MR) is 97.6 cm³/mol. The van der Waals surface area contributed by atoms with Crippen LogP contribution < -0.4 is 10.2 Å². The van der Waals surface area contributed by atoms with E-state index in [1.165, 1.54) is 5.56 Å². The van der Waals surface area contributed by atoms with Gasteiger partial charge in [0.2, 0.25) is 5.91 Å². The highest BCUT2D eigenvalue weighted by molar-refractivity contribution is 5.99. The third-order valence-corrected chi connectivity index (χ3v) is 3.78. The summed E-state index contributed by atoms with van der Waals surface area (Å²) in [5, 5.41) is 4.19. The summed E-state index contributed by atoms with van der Waals surface area (Å²) in [5.41, 5.74) is 7.67. The molecule has 0 saturated carbocycles. The van der Waals surface area contributed by atoms with Gasteiger partial charge in [-0.15, -0.1) is 0 Å². The van der Waals surface area contributed by atoms with Gasteiger partial charge in [-0.3, -0.25) is 4.79 Å². The van der Waals surface area contributed by atoms with Crippen molar-refractivity contribution in [2.75, 3.05) is 6.61 Å². The molecule has 0 radical (unpaired) electrons. The first-order valence-electron chi connectivity index (χ1n) is 8.12. The molecule has 0 aliphatic rings. The van der Waals surface area contributed by atoms with Crippen LogP contribution in [0.15, 0.2) is 47.6 Å². The van der Waals surface area contributed by atoms with Crippen molar-refractivity contribution >= 4 is 11.6 Å². The number of nitrogens with one attached hydrogen (secondary N) is 1. The first-order chi connectivity index (χ1) is 11.5. The number of carbonyl (C=O) groups excluding carboxylic acids is 1. The maximum Gasteiger partial charge on any atom is 0.244 e. The van der Waals surface area contributed by atoms with E-state index in [1.807, 2.05) is 64.1 Å². The fourth-order valence-electron chi connectivity index (χ4n) is 2.43. The average Bonchev–Trinajstić information content (AvgIpc) is 2.56. The maximum atomic E-state index is 12.1. The van der Waals surface area contributed by atoms with Crippen LogP contribution in [0.3, 0.4) is 0 Å². The number of hydrazone groups is 1. The van der Waals surface area contributed by atoms with Crippen molar-refractivity contribution in [3.8, 4) is 5.75 Å². The van der Waals surface area contributed by atoms with Crippen LogP contribution in [0.5, 0.6) is 5.75 Å². The lowest BCUT2D eigenvalue weighted by molar-refractivity contribution is -0.120. The van der Waals surface area contributed by atoms with Gasteiger partial charge >= 0.3 is 0 Å². The Balaban J connectivity index is 1.97. The van der Waals surface area contributed by atoms with Crippen LogP contribution in [0.2, 0.25) is 0 Å². The minimum Gasteiger partial charge on any atom is -0.494 e. The SMILES string of the molecule is CCOc1ccc(/C(C)=N\NC(=O)Cc2ccc(C)cc2C)cc1. The smallest absolute Gasteiger partial charge is 0.244 e.